The van der Waals surface area contributed by atoms with Crippen molar-refractivity contribution in [1.82, 2.24) is 9.97 Å². The molecule has 0 saturated heterocycles. The van der Waals surface area contributed by atoms with E-state index >= 15 is 0 Å². The summed E-state index contributed by atoms with van der Waals surface area (Å²) < 4.78 is 0. The number of thiazole rings is 1. The second-order valence-electron chi connectivity index (χ2n) is 4.76. The molecule has 0 aliphatic rings. The summed E-state index contributed by atoms with van der Waals surface area (Å²) in [5.74, 6) is 0.348. The molecule has 4 nitrogen and oxygen atoms in total. The van der Waals surface area contributed by atoms with Gasteiger partial charge in [0.15, 0.2) is 0 Å². The summed E-state index contributed by atoms with van der Waals surface area (Å²) in [5.41, 5.74) is 8.64. The van der Waals surface area contributed by atoms with Crippen molar-refractivity contribution >= 4 is 33.6 Å². The van der Waals surface area contributed by atoms with Crippen LogP contribution >= 0.6 is 11.3 Å². The molecule has 1 aromatic carbocycles. The molecule has 3 rings (SSSR count). The lowest BCUT2D eigenvalue weighted by atomic mass is 10.1. The van der Waals surface area contributed by atoms with E-state index in [1.54, 1.807) is 17.5 Å². The second-order valence-corrected chi connectivity index (χ2v) is 5.68. The Balaban J connectivity index is 1.85. The maximum Gasteiger partial charge on any atom is 0.0970 e. The van der Waals surface area contributed by atoms with Crippen LogP contribution in [-0.4, -0.2) is 16.5 Å². The average molecular weight is 284 g/mol. The van der Waals surface area contributed by atoms with Crippen molar-refractivity contribution in [3.8, 4) is 0 Å². The number of benzene rings is 1. The fourth-order valence-corrected chi connectivity index (χ4v) is 2.87. The van der Waals surface area contributed by atoms with Gasteiger partial charge in [-0.15, -0.1) is 11.3 Å². The first-order chi connectivity index (χ1) is 9.75. The predicted molar refractivity (Wildman–Crippen MR) is 85.2 cm³/mol. The third-order valence-electron chi connectivity index (χ3n) is 3.26. The molecule has 0 saturated carbocycles. The molecule has 3 aromatic rings. The number of nitrogen functional groups attached to an aromatic ring is 1. The van der Waals surface area contributed by atoms with Gasteiger partial charge >= 0.3 is 0 Å². The molecule has 1 atom stereocenters. The third-order valence-corrected chi connectivity index (χ3v) is 4.27. The first kappa shape index (κ1) is 12.9. The molecular formula is C15H16N4S. The largest absolute Gasteiger partial charge is 0.396 e. The van der Waals surface area contributed by atoms with Crippen molar-refractivity contribution in [2.45, 2.75) is 12.8 Å². The minimum Gasteiger partial charge on any atom is -0.396 e. The number of para-hydroxylation sites is 1. The van der Waals surface area contributed by atoms with Gasteiger partial charge in [-0.05, 0) is 6.07 Å². The number of nitrogens with two attached hydrogens (primary N) is 1. The molecule has 0 fully saturated rings. The van der Waals surface area contributed by atoms with E-state index in [2.05, 4.69) is 22.2 Å². The summed E-state index contributed by atoms with van der Waals surface area (Å²) in [6.45, 7) is 2.96. The van der Waals surface area contributed by atoms with E-state index in [1.165, 1.54) is 0 Å². The van der Waals surface area contributed by atoms with E-state index in [0.29, 0.717) is 11.6 Å². The summed E-state index contributed by atoms with van der Waals surface area (Å²) >= 11 is 1.68. The molecule has 1 unspecified atom stereocenters. The van der Waals surface area contributed by atoms with Crippen LogP contribution in [0.4, 0.5) is 11.4 Å². The first-order valence-electron chi connectivity index (χ1n) is 6.52. The highest BCUT2D eigenvalue weighted by atomic mass is 32.1. The Bertz CT molecular complexity index is 709. The summed E-state index contributed by atoms with van der Waals surface area (Å²) in [5, 5.41) is 7.64. The van der Waals surface area contributed by atoms with Crippen molar-refractivity contribution in [3.05, 3.63) is 47.0 Å². The number of aromatic nitrogens is 2. The Hall–Kier alpha value is -2.14. The number of pyridine rings is 1. The summed E-state index contributed by atoms with van der Waals surface area (Å²) in [6.07, 6.45) is 3.55. The molecule has 0 amide bonds. The highest BCUT2D eigenvalue weighted by Crippen LogP contribution is 2.28. The maximum absolute atomic E-state index is 6.05. The van der Waals surface area contributed by atoms with Crippen molar-refractivity contribution in [1.29, 1.82) is 0 Å². The minimum atomic E-state index is 0.348. The summed E-state index contributed by atoms with van der Waals surface area (Å²) in [6, 6.07) is 8.01. The molecule has 5 heteroatoms. The van der Waals surface area contributed by atoms with Crippen LogP contribution in [0.5, 0.6) is 0 Å². The van der Waals surface area contributed by atoms with Crippen LogP contribution < -0.4 is 11.1 Å². The minimum absolute atomic E-state index is 0.348. The molecule has 102 valence electrons. The normalized spacial score (nSPS) is 12.4. The lowest BCUT2D eigenvalue weighted by Crippen LogP contribution is -2.11. The molecule has 3 N–H and O–H groups in total. The first-order valence-corrected chi connectivity index (χ1v) is 7.40. The fourth-order valence-electron chi connectivity index (χ4n) is 2.17. The number of anilines is 2. The summed E-state index contributed by atoms with van der Waals surface area (Å²) in [4.78, 5) is 8.69. The highest BCUT2D eigenvalue weighted by molar-refractivity contribution is 7.09. The van der Waals surface area contributed by atoms with Gasteiger partial charge in [0.1, 0.15) is 0 Å². The fraction of sp³-hybridized carbons (Fsp3) is 0.200. The van der Waals surface area contributed by atoms with Crippen molar-refractivity contribution in [3.63, 3.8) is 0 Å². The van der Waals surface area contributed by atoms with Gasteiger partial charge < -0.3 is 11.1 Å². The maximum atomic E-state index is 6.05. The smallest absolute Gasteiger partial charge is 0.0970 e. The van der Waals surface area contributed by atoms with Crippen LogP contribution in [0.25, 0.3) is 10.9 Å². The molecule has 0 aliphatic heterocycles. The van der Waals surface area contributed by atoms with Crippen LogP contribution in [0.3, 0.4) is 0 Å². The van der Waals surface area contributed by atoms with E-state index in [9.17, 15) is 0 Å². The monoisotopic (exact) mass is 284 g/mol. The van der Waals surface area contributed by atoms with Gasteiger partial charge in [-0.2, -0.15) is 0 Å². The van der Waals surface area contributed by atoms with Crippen molar-refractivity contribution in [2.75, 3.05) is 17.6 Å². The summed E-state index contributed by atoms with van der Waals surface area (Å²) in [7, 11) is 0. The van der Waals surface area contributed by atoms with Crippen molar-refractivity contribution in [2.24, 2.45) is 0 Å². The standard InChI is InChI=1S/C15H16N4S/c1-10(15-17-6-7-20-15)8-19-14-11-4-2-3-5-13(11)18-9-12(14)16/h2-7,9-10H,8,16H2,1H3,(H,18,19). The number of nitrogens with one attached hydrogen (secondary N) is 1. The number of rotatable bonds is 4. The van der Waals surface area contributed by atoms with E-state index in [1.807, 2.05) is 35.8 Å². The molecule has 0 aliphatic carbocycles. The molecule has 0 radical (unpaired) electrons. The highest BCUT2D eigenvalue weighted by Gasteiger charge is 2.11. The zero-order valence-corrected chi connectivity index (χ0v) is 12.0. The van der Waals surface area contributed by atoms with Gasteiger partial charge in [0, 0.05) is 29.4 Å². The van der Waals surface area contributed by atoms with Crippen LogP contribution in [0.15, 0.2) is 42.0 Å². The number of hydrogen-bond donors (Lipinski definition) is 2. The van der Waals surface area contributed by atoms with Crippen LogP contribution in [-0.2, 0) is 0 Å². The Morgan fingerprint density at radius 2 is 2.15 bits per heavy atom. The van der Waals surface area contributed by atoms with Gasteiger partial charge in [-0.3, -0.25) is 4.98 Å². The zero-order valence-electron chi connectivity index (χ0n) is 11.2. The number of nitrogens with zero attached hydrogens (tertiary/aromatic N) is 2. The van der Waals surface area contributed by atoms with Crippen LogP contribution in [0.2, 0.25) is 0 Å². The zero-order chi connectivity index (χ0) is 13.9. The molecule has 0 bridgehead atoms. The van der Waals surface area contributed by atoms with Gasteiger partial charge in [0.2, 0.25) is 0 Å². The number of hydrogen-bond acceptors (Lipinski definition) is 5. The van der Waals surface area contributed by atoms with Gasteiger partial charge in [-0.25, -0.2) is 4.98 Å². The van der Waals surface area contributed by atoms with Crippen LogP contribution in [0.1, 0.15) is 17.8 Å². The lowest BCUT2D eigenvalue weighted by Gasteiger charge is -2.15. The topological polar surface area (TPSA) is 63.8 Å². The molecular weight excluding hydrogens is 268 g/mol. The average Bonchev–Trinajstić information content (AvgIpc) is 3.00. The second kappa shape index (κ2) is 5.46. The van der Waals surface area contributed by atoms with E-state index < -0.39 is 0 Å². The van der Waals surface area contributed by atoms with Crippen molar-refractivity contribution < 1.29 is 0 Å². The lowest BCUT2D eigenvalue weighted by molar-refractivity contribution is 0.796. The SMILES string of the molecule is CC(CNc1c(N)cnc2ccccc12)c1nccs1. The molecule has 2 heterocycles. The molecule has 20 heavy (non-hydrogen) atoms. The van der Waals surface area contributed by atoms with E-state index in [0.717, 1.165) is 28.1 Å². The Kier molecular flexibility index (Phi) is 3.52. The quantitative estimate of drug-likeness (QED) is 0.769. The van der Waals surface area contributed by atoms with E-state index in [-0.39, 0.29) is 0 Å². The van der Waals surface area contributed by atoms with Gasteiger partial charge in [0.05, 0.1) is 28.1 Å². The Labute approximate surface area is 121 Å². The molecule has 0 spiro atoms. The van der Waals surface area contributed by atoms with Crippen LogP contribution in [0, 0.1) is 0 Å². The van der Waals surface area contributed by atoms with Gasteiger partial charge in [0.25, 0.3) is 0 Å². The Morgan fingerprint density at radius 3 is 2.95 bits per heavy atom. The molecule has 2 aromatic heterocycles. The van der Waals surface area contributed by atoms with Gasteiger partial charge in [-0.1, -0.05) is 25.1 Å². The predicted octanol–water partition coefficient (Wildman–Crippen LogP) is 3.49. The third kappa shape index (κ3) is 2.44. The number of fused-ring (bicyclic) bond motifs is 1. The van der Waals surface area contributed by atoms with E-state index in [4.69, 9.17) is 5.73 Å². The Morgan fingerprint density at radius 1 is 1.30 bits per heavy atom.